The normalized spacial score (nSPS) is 10.4. The highest BCUT2D eigenvalue weighted by molar-refractivity contribution is 5.79. The minimum atomic E-state index is 0.0797. The maximum absolute atomic E-state index is 11.5. The molecule has 4 heteroatoms. The molecule has 0 spiro atoms. The van der Waals surface area contributed by atoms with Gasteiger partial charge in [0.2, 0.25) is 5.91 Å². The van der Waals surface area contributed by atoms with Crippen LogP contribution in [0.5, 0.6) is 0 Å². The van der Waals surface area contributed by atoms with E-state index in [1.807, 2.05) is 32.5 Å². The van der Waals surface area contributed by atoms with Crippen LogP contribution < -0.4 is 5.32 Å². The van der Waals surface area contributed by atoms with Crippen LogP contribution in [0.4, 0.5) is 0 Å². The Hall–Kier alpha value is -1.32. The lowest BCUT2D eigenvalue weighted by atomic mass is 10.1. The molecule has 84 valence electrons. The molecule has 0 saturated carbocycles. The predicted octanol–water partition coefficient (Wildman–Crippen LogP) is 1.11. The smallest absolute Gasteiger partial charge is 0.224 e. The number of aryl methyl sites for hydroxylation is 2. The molecule has 0 fully saturated rings. The third kappa shape index (κ3) is 2.81. The average Bonchev–Trinajstić information content (AvgIpc) is 2.42. The first-order chi connectivity index (χ1) is 7.06. The van der Waals surface area contributed by atoms with E-state index in [9.17, 15) is 4.79 Å². The summed E-state index contributed by atoms with van der Waals surface area (Å²) in [6.45, 7) is 6.72. The second-order valence-electron chi connectivity index (χ2n) is 3.80. The Morgan fingerprint density at radius 1 is 1.47 bits per heavy atom. The number of carbonyl (C=O) groups is 1. The van der Waals surface area contributed by atoms with Gasteiger partial charge in [-0.2, -0.15) is 5.10 Å². The first-order valence-electron chi connectivity index (χ1n) is 5.32. The van der Waals surface area contributed by atoms with Crippen molar-refractivity contribution in [3.05, 3.63) is 17.0 Å². The number of nitrogens with zero attached hydrogens (tertiary/aromatic N) is 2. The van der Waals surface area contributed by atoms with Gasteiger partial charge in [-0.1, -0.05) is 6.92 Å². The van der Waals surface area contributed by atoms with Gasteiger partial charge in [-0.05, 0) is 20.3 Å². The van der Waals surface area contributed by atoms with Gasteiger partial charge in [0.15, 0.2) is 0 Å². The van der Waals surface area contributed by atoms with Crippen LogP contribution in [0.2, 0.25) is 0 Å². The molecule has 0 aromatic carbocycles. The third-order valence-corrected chi connectivity index (χ3v) is 2.57. The van der Waals surface area contributed by atoms with Crippen LogP contribution in [0.25, 0.3) is 0 Å². The fourth-order valence-corrected chi connectivity index (χ4v) is 1.56. The lowest BCUT2D eigenvalue weighted by molar-refractivity contribution is -0.120. The Morgan fingerprint density at radius 3 is 2.60 bits per heavy atom. The molecule has 0 aliphatic heterocycles. The number of aromatic nitrogens is 2. The number of hydrogen-bond donors (Lipinski definition) is 1. The van der Waals surface area contributed by atoms with Crippen molar-refractivity contribution in [1.29, 1.82) is 0 Å². The highest BCUT2D eigenvalue weighted by Crippen LogP contribution is 2.12. The van der Waals surface area contributed by atoms with E-state index in [1.54, 1.807) is 0 Å². The van der Waals surface area contributed by atoms with Crippen LogP contribution in [-0.4, -0.2) is 22.2 Å². The summed E-state index contributed by atoms with van der Waals surface area (Å²) >= 11 is 0. The van der Waals surface area contributed by atoms with Crippen molar-refractivity contribution in [3.63, 3.8) is 0 Å². The molecule has 15 heavy (non-hydrogen) atoms. The standard InChI is InChI=1S/C11H19N3O/c1-5-6-12-11(15)7-10-8(2)13-14(4)9(10)3/h5-7H2,1-4H3,(H,12,15). The van der Waals surface area contributed by atoms with Crippen molar-refractivity contribution in [1.82, 2.24) is 15.1 Å². The third-order valence-electron chi connectivity index (χ3n) is 2.57. The van der Waals surface area contributed by atoms with E-state index >= 15 is 0 Å². The second-order valence-corrected chi connectivity index (χ2v) is 3.80. The molecule has 0 saturated heterocycles. The molecule has 0 bridgehead atoms. The fraction of sp³-hybridized carbons (Fsp3) is 0.636. The van der Waals surface area contributed by atoms with Crippen molar-refractivity contribution < 1.29 is 4.79 Å². The summed E-state index contributed by atoms with van der Waals surface area (Å²) in [6.07, 6.45) is 1.41. The first kappa shape index (κ1) is 11.8. The summed E-state index contributed by atoms with van der Waals surface area (Å²) < 4.78 is 1.82. The summed E-state index contributed by atoms with van der Waals surface area (Å²) in [4.78, 5) is 11.5. The SMILES string of the molecule is CCCNC(=O)Cc1c(C)nn(C)c1C. The van der Waals surface area contributed by atoms with Gasteiger partial charge < -0.3 is 5.32 Å². The zero-order valence-corrected chi connectivity index (χ0v) is 9.92. The number of carbonyl (C=O) groups excluding carboxylic acids is 1. The minimum absolute atomic E-state index is 0.0797. The summed E-state index contributed by atoms with van der Waals surface area (Å²) in [6, 6.07) is 0. The molecule has 0 unspecified atom stereocenters. The van der Waals surface area contributed by atoms with E-state index in [2.05, 4.69) is 10.4 Å². The summed E-state index contributed by atoms with van der Waals surface area (Å²) in [5.74, 6) is 0.0797. The zero-order chi connectivity index (χ0) is 11.4. The number of rotatable bonds is 4. The van der Waals surface area contributed by atoms with Gasteiger partial charge in [-0.15, -0.1) is 0 Å². The van der Waals surface area contributed by atoms with Crippen molar-refractivity contribution in [2.45, 2.75) is 33.6 Å². The molecular weight excluding hydrogens is 190 g/mol. The quantitative estimate of drug-likeness (QED) is 0.807. The van der Waals surface area contributed by atoms with E-state index in [0.717, 1.165) is 29.9 Å². The maximum Gasteiger partial charge on any atom is 0.224 e. The Bertz CT molecular complexity index is 355. The summed E-state index contributed by atoms with van der Waals surface area (Å²) in [5.41, 5.74) is 3.06. The summed E-state index contributed by atoms with van der Waals surface area (Å²) in [5, 5.41) is 7.15. The van der Waals surface area contributed by atoms with Gasteiger partial charge in [0, 0.05) is 24.8 Å². The van der Waals surface area contributed by atoms with Crippen LogP contribution in [-0.2, 0) is 18.3 Å². The van der Waals surface area contributed by atoms with Gasteiger partial charge in [0.1, 0.15) is 0 Å². The van der Waals surface area contributed by atoms with E-state index in [-0.39, 0.29) is 5.91 Å². The molecule has 1 amide bonds. The monoisotopic (exact) mass is 209 g/mol. The van der Waals surface area contributed by atoms with Crippen molar-refractivity contribution >= 4 is 5.91 Å². The molecule has 1 rings (SSSR count). The average molecular weight is 209 g/mol. The van der Waals surface area contributed by atoms with Crippen molar-refractivity contribution in [2.75, 3.05) is 6.54 Å². The molecule has 1 heterocycles. The van der Waals surface area contributed by atoms with Crippen LogP contribution in [0, 0.1) is 13.8 Å². The van der Waals surface area contributed by atoms with Crippen LogP contribution in [0.1, 0.15) is 30.3 Å². The second kappa shape index (κ2) is 4.96. The molecule has 0 atom stereocenters. The molecule has 0 aliphatic rings. The molecule has 0 radical (unpaired) electrons. The molecule has 0 aliphatic carbocycles. The lowest BCUT2D eigenvalue weighted by Gasteiger charge is -2.03. The maximum atomic E-state index is 11.5. The van der Waals surface area contributed by atoms with Crippen LogP contribution in [0.3, 0.4) is 0 Å². The minimum Gasteiger partial charge on any atom is -0.356 e. The van der Waals surface area contributed by atoms with Crippen LogP contribution in [0.15, 0.2) is 0 Å². The summed E-state index contributed by atoms with van der Waals surface area (Å²) in [7, 11) is 1.90. The number of hydrogen-bond acceptors (Lipinski definition) is 2. The van der Waals surface area contributed by atoms with Crippen molar-refractivity contribution in [2.24, 2.45) is 7.05 Å². The van der Waals surface area contributed by atoms with Gasteiger partial charge in [-0.3, -0.25) is 9.48 Å². The number of nitrogens with one attached hydrogen (secondary N) is 1. The Labute approximate surface area is 90.7 Å². The highest BCUT2D eigenvalue weighted by atomic mass is 16.1. The Morgan fingerprint density at radius 2 is 2.13 bits per heavy atom. The fourth-order valence-electron chi connectivity index (χ4n) is 1.56. The molecule has 4 nitrogen and oxygen atoms in total. The molecule has 1 N–H and O–H groups in total. The van der Waals surface area contributed by atoms with Gasteiger partial charge in [-0.25, -0.2) is 0 Å². The largest absolute Gasteiger partial charge is 0.356 e. The first-order valence-corrected chi connectivity index (χ1v) is 5.32. The zero-order valence-electron chi connectivity index (χ0n) is 9.92. The molecular formula is C11H19N3O. The van der Waals surface area contributed by atoms with Gasteiger partial charge in [0.25, 0.3) is 0 Å². The van der Waals surface area contributed by atoms with Gasteiger partial charge in [0.05, 0.1) is 12.1 Å². The van der Waals surface area contributed by atoms with Crippen LogP contribution >= 0.6 is 0 Å². The highest BCUT2D eigenvalue weighted by Gasteiger charge is 2.12. The lowest BCUT2D eigenvalue weighted by Crippen LogP contribution is -2.26. The topological polar surface area (TPSA) is 46.9 Å². The van der Waals surface area contributed by atoms with E-state index in [0.29, 0.717) is 6.42 Å². The number of amides is 1. The van der Waals surface area contributed by atoms with Crippen molar-refractivity contribution in [3.8, 4) is 0 Å². The molecule has 1 aromatic heterocycles. The van der Waals surface area contributed by atoms with Gasteiger partial charge >= 0.3 is 0 Å². The van der Waals surface area contributed by atoms with E-state index < -0.39 is 0 Å². The molecule has 1 aromatic rings. The Kier molecular flexibility index (Phi) is 3.88. The van der Waals surface area contributed by atoms with E-state index in [4.69, 9.17) is 0 Å². The Balaban J connectivity index is 2.68. The predicted molar refractivity (Wildman–Crippen MR) is 59.7 cm³/mol. The van der Waals surface area contributed by atoms with E-state index in [1.165, 1.54) is 0 Å².